The highest BCUT2D eigenvalue weighted by atomic mass is 32.2. The summed E-state index contributed by atoms with van der Waals surface area (Å²) < 4.78 is 5.75. The van der Waals surface area contributed by atoms with Crippen molar-refractivity contribution in [1.82, 2.24) is 4.90 Å². The zero-order valence-electron chi connectivity index (χ0n) is 13.4. The van der Waals surface area contributed by atoms with Gasteiger partial charge in [-0.05, 0) is 25.1 Å². The van der Waals surface area contributed by atoms with Gasteiger partial charge in [0.1, 0.15) is 10.1 Å². The average Bonchev–Trinajstić information content (AvgIpc) is 3.28. The van der Waals surface area contributed by atoms with Crippen molar-refractivity contribution in [2.24, 2.45) is 0 Å². The number of para-hydroxylation sites is 1. The smallest absolute Gasteiger partial charge is 0.267 e. The molecule has 2 aliphatic rings. The Hall–Kier alpha value is -2.38. The van der Waals surface area contributed by atoms with E-state index < -0.39 is 0 Å². The van der Waals surface area contributed by atoms with E-state index in [-0.39, 0.29) is 18.4 Å². The highest BCUT2D eigenvalue weighted by molar-refractivity contribution is 8.26. The molecule has 1 aromatic heterocycles. The van der Waals surface area contributed by atoms with E-state index in [0.29, 0.717) is 27.1 Å². The van der Waals surface area contributed by atoms with Gasteiger partial charge in [0, 0.05) is 12.1 Å². The van der Waals surface area contributed by atoms with E-state index in [1.165, 1.54) is 16.7 Å². The fourth-order valence-corrected chi connectivity index (χ4v) is 4.38. The monoisotopic (exact) mass is 370 g/mol. The lowest BCUT2D eigenvalue weighted by Gasteiger charge is -2.13. The second kappa shape index (κ2) is 6.16. The van der Waals surface area contributed by atoms with Crippen LogP contribution < -0.4 is 4.90 Å². The molecule has 0 aliphatic carbocycles. The number of benzene rings is 1. The first kappa shape index (κ1) is 16.1. The number of thiocarbonyl (C=S) groups is 1. The third kappa shape index (κ3) is 2.51. The molecule has 0 atom stereocenters. The van der Waals surface area contributed by atoms with Crippen molar-refractivity contribution in [1.29, 1.82) is 0 Å². The lowest BCUT2D eigenvalue weighted by molar-refractivity contribution is -0.123. The molecular formula is C18H14N2O3S2. The van der Waals surface area contributed by atoms with Gasteiger partial charge >= 0.3 is 0 Å². The molecule has 0 N–H and O–H groups in total. The van der Waals surface area contributed by atoms with Crippen molar-refractivity contribution in [2.75, 3.05) is 11.4 Å². The molecule has 5 nitrogen and oxygen atoms in total. The van der Waals surface area contributed by atoms with Gasteiger partial charge in [0.25, 0.3) is 11.8 Å². The molecule has 4 rings (SSSR count). The van der Waals surface area contributed by atoms with Gasteiger partial charge in [0.2, 0.25) is 0 Å². The van der Waals surface area contributed by atoms with Gasteiger partial charge in [0.05, 0.1) is 29.0 Å². The molecule has 1 fully saturated rings. The van der Waals surface area contributed by atoms with Crippen LogP contribution in [0.5, 0.6) is 0 Å². The molecule has 2 aliphatic heterocycles. The topological polar surface area (TPSA) is 53.8 Å². The Balaban J connectivity index is 1.77. The van der Waals surface area contributed by atoms with E-state index in [2.05, 4.69) is 0 Å². The Morgan fingerprint density at radius 1 is 1.08 bits per heavy atom. The summed E-state index contributed by atoms with van der Waals surface area (Å²) in [7, 11) is 0. The van der Waals surface area contributed by atoms with Gasteiger partial charge in [0.15, 0.2) is 0 Å². The summed E-state index contributed by atoms with van der Waals surface area (Å²) in [4.78, 5) is 29.4. The number of hydrogen-bond acceptors (Lipinski definition) is 5. The molecule has 126 valence electrons. The van der Waals surface area contributed by atoms with Gasteiger partial charge < -0.3 is 9.32 Å². The summed E-state index contributed by atoms with van der Waals surface area (Å²) >= 11 is 6.54. The van der Waals surface area contributed by atoms with Crippen LogP contribution in [0, 0.1) is 0 Å². The molecule has 0 unspecified atom stereocenters. The maximum Gasteiger partial charge on any atom is 0.267 e. The second-order valence-electron chi connectivity index (χ2n) is 5.61. The molecule has 0 spiro atoms. The Labute approximate surface area is 154 Å². The minimum absolute atomic E-state index is 0.151. The van der Waals surface area contributed by atoms with Crippen molar-refractivity contribution in [2.45, 2.75) is 13.5 Å². The number of likely N-dealkylation sites (N-methyl/N-ethyl adjacent to an activating group) is 1. The van der Waals surface area contributed by atoms with Crippen LogP contribution in [0.1, 0.15) is 18.2 Å². The molecule has 0 bridgehead atoms. The molecular weight excluding hydrogens is 356 g/mol. The number of hydrogen-bond donors (Lipinski definition) is 0. The van der Waals surface area contributed by atoms with Crippen molar-refractivity contribution in [3.05, 3.63) is 58.9 Å². The predicted molar refractivity (Wildman–Crippen MR) is 101 cm³/mol. The summed E-state index contributed by atoms with van der Waals surface area (Å²) in [6.07, 6.45) is 1.56. The first-order valence-corrected chi connectivity index (χ1v) is 9.06. The molecule has 3 heterocycles. The summed E-state index contributed by atoms with van der Waals surface area (Å²) in [5.41, 5.74) is 2.06. The van der Waals surface area contributed by atoms with Gasteiger partial charge in [-0.3, -0.25) is 14.5 Å². The fraction of sp³-hybridized carbons (Fsp3) is 0.167. The van der Waals surface area contributed by atoms with E-state index in [1.807, 2.05) is 31.2 Å². The van der Waals surface area contributed by atoms with E-state index >= 15 is 0 Å². The number of rotatable bonds is 3. The Kier molecular flexibility index (Phi) is 3.97. The molecule has 7 heteroatoms. The number of fused-ring (bicyclic) bond motifs is 1. The minimum atomic E-state index is -0.248. The molecule has 2 aromatic rings. The average molecular weight is 370 g/mol. The lowest BCUT2D eigenvalue weighted by atomic mass is 10.1. The number of amides is 2. The number of carbonyl (C=O) groups is 2. The van der Waals surface area contributed by atoms with Gasteiger partial charge in [-0.15, -0.1) is 0 Å². The Morgan fingerprint density at radius 3 is 2.60 bits per heavy atom. The number of thioether (sulfide) groups is 1. The summed E-state index contributed by atoms with van der Waals surface area (Å²) in [5.74, 6) is 0.251. The fourth-order valence-electron chi connectivity index (χ4n) is 3.06. The molecule has 1 aromatic carbocycles. The van der Waals surface area contributed by atoms with Gasteiger partial charge in [-0.2, -0.15) is 0 Å². The number of nitrogens with zero attached hydrogens (tertiary/aromatic N) is 2. The van der Waals surface area contributed by atoms with Crippen LogP contribution in [0.2, 0.25) is 0 Å². The quantitative estimate of drug-likeness (QED) is 0.612. The van der Waals surface area contributed by atoms with Crippen LogP contribution in [-0.2, 0) is 16.1 Å². The van der Waals surface area contributed by atoms with Crippen molar-refractivity contribution in [3.63, 3.8) is 0 Å². The van der Waals surface area contributed by atoms with Gasteiger partial charge in [-0.25, -0.2) is 0 Å². The number of carbonyl (C=O) groups excluding carboxylic acids is 2. The number of furan rings is 1. The van der Waals surface area contributed by atoms with Crippen LogP contribution >= 0.6 is 24.0 Å². The van der Waals surface area contributed by atoms with Crippen molar-refractivity contribution in [3.8, 4) is 0 Å². The first-order chi connectivity index (χ1) is 12.1. The lowest BCUT2D eigenvalue weighted by Crippen LogP contribution is -2.29. The highest BCUT2D eigenvalue weighted by Crippen LogP contribution is 2.44. The zero-order chi connectivity index (χ0) is 17.6. The normalized spacial score (nSPS) is 20.0. The van der Waals surface area contributed by atoms with E-state index in [4.69, 9.17) is 16.6 Å². The zero-order valence-corrected chi connectivity index (χ0v) is 15.0. The van der Waals surface area contributed by atoms with Crippen molar-refractivity contribution >= 4 is 51.4 Å². The summed E-state index contributed by atoms with van der Waals surface area (Å²) in [6.45, 7) is 2.73. The standard InChI is InChI=1S/C18H14N2O3S2/c1-2-19-13-8-4-3-7-12(13)14(16(19)21)15-17(22)20(18(24)25-15)10-11-6-5-9-23-11/h3-9H,2,10H2,1H3. The molecule has 1 saturated heterocycles. The van der Waals surface area contributed by atoms with Gasteiger partial charge in [-0.1, -0.05) is 42.2 Å². The van der Waals surface area contributed by atoms with Crippen LogP contribution in [-0.4, -0.2) is 27.6 Å². The second-order valence-corrected chi connectivity index (χ2v) is 7.25. The van der Waals surface area contributed by atoms with Crippen LogP contribution in [0.25, 0.3) is 5.57 Å². The third-order valence-corrected chi connectivity index (χ3v) is 5.66. The predicted octanol–water partition coefficient (Wildman–Crippen LogP) is 3.42. The Morgan fingerprint density at radius 2 is 1.88 bits per heavy atom. The highest BCUT2D eigenvalue weighted by Gasteiger charge is 2.41. The largest absolute Gasteiger partial charge is 0.467 e. The SMILES string of the molecule is CCN1C(=O)C(=C2SC(=S)N(Cc3ccco3)C2=O)c2ccccc21. The van der Waals surface area contributed by atoms with Crippen LogP contribution in [0.3, 0.4) is 0 Å². The maximum atomic E-state index is 12.9. The minimum Gasteiger partial charge on any atom is -0.467 e. The Bertz CT molecular complexity index is 918. The summed E-state index contributed by atoms with van der Waals surface area (Å²) in [5, 5.41) is 0. The maximum absolute atomic E-state index is 12.9. The van der Waals surface area contributed by atoms with E-state index in [9.17, 15) is 9.59 Å². The molecule has 2 amide bonds. The van der Waals surface area contributed by atoms with Crippen molar-refractivity contribution < 1.29 is 14.0 Å². The molecule has 0 saturated carbocycles. The van der Waals surface area contributed by atoms with Crippen LogP contribution in [0.4, 0.5) is 5.69 Å². The molecule has 25 heavy (non-hydrogen) atoms. The summed E-state index contributed by atoms with van der Waals surface area (Å²) in [6, 6.07) is 11.1. The third-order valence-electron chi connectivity index (χ3n) is 4.21. The van der Waals surface area contributed by atoms with Crippen LogP contribution in [0.15, 0.2) is 52.0 Å². The number of anilines is 1. The first-order valence-electron chi connectivity index (χ1n) is 7.83. The van der Waals surface area contributed by atoms with E-state index in [0.717, 1.165) is 11.3 Å². The van der Waals surface area contributed by atoms with E-state index in [1.54, 1.807) is 23.3 Å². The molecule has 0 radical (unpaired) electrons.